The Morgan fingerprint density at radius 3 is 2.67 bits per heavy atom. The number of hydrogen-bond acceptors (Lipinski definition) is 3. The van der Waals surface area contributed by atoms with Gasteiger partial charge in [-0.15, -0.1) is 0 Å². The van der Waals surface area contributed by atoms with Crippen LogP contribution in [0.25, 0.3) is 0 Å². The zero-order valence-electron chi connectivity index (χ0n) is 4.50. The van der Waals surface area contributed by atoms with Crippen molar-refractivity contribution in [2.75, 3.05) is 5.73 Å². The predicted octanol–water partition coefficient (Wildman–Crippen LogP) is 1.02. The molecule has 0 saturated heterocycles. The lowest BCUT2D eigenvalue weighted by atomic mass is 10.4. The summed E-state index contributed by atoms with van der Waals surface area (Å²) < 4.78 is 0. The second kappa shape index (κ2) is 2.11. The first kappa shape index (κ1) is 6.16. The van der Waals surface area contributed by atoms with E-state index in [9.17, 15) is 0 Å². The van der Waals surface area contributed by atoms with E-state index in [1.165, 1.54) is 12.1 Å². The maximum absolute atomic E-state index is 8.79. The summed E-state index contributed by atoms with van der Waals surface area (Å²) in [6.07, 6.45) is 0. The Morgan fingerprint density at radius 1 is 1.56 bits per heavy atom. The average Bonchev–Trinajstić information content (AvgIpc) is 1.80. The molecule has 0 aliphatic carbocycles. The van der Waals surface area contributed by atoms with Gasteiger partial charge in [0.2, 0.25) is 0 Å². The molecular formula is C5H5ClN2O. The van der Waals surface area contributed by atoms with Gasteiger partial charge in [0.05, 0.1) is 0 Å². The van der Waals surface area contributed by atoms with E-state index in [1.54, 1.807) is 0 Å². The molecule has 0 aliphatic heterocycles. The fourth-order valence-electron chi connectivity index (χ4n) is 0.441. The van der Waals surface area contributed by atoms with Gasteiger partial charge in [-0.05, 0) is 12.1 Å². The molecule has 48 valence electrons. The molecule has 4 heteroatoms. The van der Waals surface area contributed by atoms with E-state index in [4.69, 9.17) is 22.4 Å². The normalized spacial score (nSPS) is 9.44. The number of anilines is 1. The number of rotatable bonds is 0. The maximum atomic E-state index is 8.79. The van der Waals surface area contributed by atoms with Crippen LogP contribution in [0.15, 0.2) is 12.1 Å². The van der Waals surface area contributed by atoms with E-state index in [0.29, 0.717) is 5.82 Å². The number of nitrogens with zero attached hydrogens (tertiary/aromatic N) is 1. The Balaban J connectivity index is 3.17. The number of aromatic hydroxyl groups is 1. The molecule has 0 radical (unpaired) electrons. The van der Waals surface area contributed by atoms with Gasteiger partial charge in [-0.3, -0.25) is 0 Å². The Hall–Kier alpha value is -0.960. The highest BCUT2D eigenvalue weighted by atomic mass is 35.5. The molecule has 0 aromatic carbocycles. The van der Waals surface area contributed by atoms with Crippen LogP contribution in [-0.2, 0) is 0 Å². The van der Waals surface area contributed by atoms with Gasteiger partial charge in [-0.2, -0.15) is 0 Å². The number of hydrogen-bond donors (Lipinski definition) is 2. The summed E-state index contributed by atoms with van der Waals surface area (Å²) in [6.45, 7) is 0. The summed E-state index contributed by atoms with van der Waals surface area (Å²) in [4.78, 5) is 3.57. The molecule has 1 heterocycles. The van der Waals surface area contributed by atoms with Gasteiger partial charge in [-0.1, -0.05) is 11.6 Å². The quantitative estimate of drug-likeness (QED) is 0.535. The summed E-state index contributed by atoms with van der Waals surface area (Å²) in [5.41, 5.74) is 5.22. The zero-order valence-corrected chi connectivity index (χ0v) is 5.26. The third kappa shape index (κ3) is 1.23. The molecule has 0 atom stereocenters. The van der Waals surface area contributed by atoms with E-state index in [2.05, 4.69) is 4.98 Å². The van der Waals surface area contributed by atoms with Gasteiger partial charge in [0, 0.05) is 0 Å². The molecule has 1 aromatic heterocycles. The zero-order chi connectivity index (χ0) is 6.85. The van der Waals surface area contributed by atoms with Gasteiger partial charge >= 0.3 is 0 Å². The lowest BCUT2D eigenvalue weighted by Crippen LogP contribution is -1.88. The molecule has 0 saturated carbocycles. The Morgan fingerprint density at radius 2 is 2.22 bits per heavy atom. The third-order valence-corrected chi connectivity index (χ3v) is 1.13. The van der Waals surface area contributed by atoms with Crippen molar-refractivity contribution < 1.29 is 5.11 Å². The SMILES string of the molecule is Nc1ccc(O)c(Cl)n1. The van der Waals surface area contributed by atoms with Crippen molar-refractivity contribution in [2.24, 2.45) is 0 Å². The van der Waals surface area contributed by atoms with Crippen LogP contribution in [0.1, 0.15) is 0 Å². The van der Waals surface area contributed by atoms with Gasteiger partial charge in [0.15, 0.2) is 10.9 Å². The van der Waals surface area contributed by atoms with Crippen molar-refractivity contribution in [3.63, 3.8) is 0 Å². The number of halogens is 1. The van der Waals surface area contributed by atoms with Crippen molar-refractivity contribution in [1.82, 2.24) is 4.98 Å². The van der Waals surface area contributed by atoms with Crippen molar-refractivity contribution >= 4 is 17.4 Å². The molecule has 1 rings (SSSR count). The van der Waals surface area contributed by atoms with Gasteiger partial charge in [0.1, 0.15) is 5.82 Å². The molecule has 0 unspecified atom stereocenters. The number of nitrogens with two attached hydrogens (primary N) is 1. The predicted molar refractivity (Wildman–Crippen MR) is 35.3 cm³/mol. The summed E-state index contributed by atoms with van der Waals surface area (Å²) in [5, 5.41) is 8.83. The molecule has 1 aromatic rings. The van der Waals surface area contributed by atoms with E-state index in [1.807, 2.05) is 0 Å². The lowest BCUT2D eigenvalue weighted by Gasteiger charge is -1.94. The highest BCUT2D eigenvalue weighted by Crippen LogP contribution is 2.20. The first-order valence-corrected chi connectivity index (χ1v) is 2.69. The van der Waals surface area contributed by atoms with Gasteiger partial charge in [-0.25, -0.2) is 4.98 Å². The molecule has 3 N–H and O–H groups in total. The minimum atomic E-state index is -0.0501. The lowest BCUT2D eigenvalue weighted by molar-refractivity contribution is 0.473. The summed E-state index contributed by atoms with van der Waals surface area (Å²) in [6, 6.07) is 2.87. The minimum Gasteiger partial charge on any atom is -0.505 e. The monoisotopic (exact) mass is 144 g/mol. The minimum absolute atomic E-state index is 0.0370. The highest BCUT2D eigenvalue weighted by Gasteiger charge is 1.96. The van der Waals surface area contributed by atoms with Crippen LogP contribution in [0.2, 0.25) is 5.15 Å². The van der Waals surface area contributed by atoms with E-state index in [0.717, 1.165) is 0 Å². The first-order valence-electron chi connectivity index (χ1n) is 2.31. The van der Waals surface area contributed by atoms with Crippen LogP contribution in [0, 0.1) is 0 Å². The number of pyridine rings is 1. The summed E-state index contributed by atoms with van der Waals surface area (Å²) in [7, 11) is 0. The maximum Gasteiger partial charge on any atom is 0.173 e. The molecule has 0 amide bonds. The molecular weight excluding hydrogens is 140 g/mol. The molecule has 0 fully saturated rings. The molecule has 9 heavy (non-hydrogen) atoms. The second-order valence-corrected chi connectivity index (χ2v) is 1.90. The van der Waals surface area contributed by atoms with Crippen molar-refractivity contribution in [3.05, 3.63) is 17.3 Å². The first-order chi connectivity index (χ1) is 4.20. The molecule has 0 aliphatic rings. The molecule has 0 bridgehead atoms. The fraction of sp³-hybridized carbons (Fsp3) is 0. The third-order valence-electron chi connectivity index (χ3n) is 0.851. The van der Waals surface area contributed by atoms with Crippen LogP contribution in [0.4, 0.5) is 5.82 Å². The van der Waals surface area contributed by atoms with Gasteiger partial charge in [0.25, 0.3) is 0 Å². The van der Waals surface area contributed by atoms with Crippen molar-refractivity contribution in [2.45, 2.75) is 0 Å². The Labute approximate surface area is 57.1 Å². The van der Waals surface area contributed by atoms with Crippen LogP contribution >= 0.6 is 11.6 Å². The van der Waals surface area contributed by atoms with Crippen LogP contribution in [0.3, 0.4) is 0 Å². The standard InChI is InChI=1S/C5H5ClN2O/c6-5-3(9)1-2-4(7)8-5/h1-2,9H,(H2,7,8). The summed E-state index contributed by atoms with van der Waals surface area (Å²) >= 11 is 5.37. The summed E-state index contributed by atoms with van der Waals surface area (Å²) in [5.74, 6) is 0.253. The fourth-order valence-corrected chi connectivity index (χ4v) is 0.602. The molecule has 0 spiro atoms. The number of aromatic nitrogens is 1. The van der Waals surface area contributed by atoms with Crippen molar-refractivity contribution in [3.8, 4) is 5.75 Å². The largest absolute Gasteiger partial charge is 0.505 e. The number of nitrogen functional groups attached to an aromatic ring is 1. The highest BCUT2D eigenvalue weighted by molar-refractivity contribution is 6.30. The topological polar surface area (TPSA) is 59.1 Å². The second-order valence-electron chi connectivity index (χ2n) is 1.55. The van der Waals surface area contributed by atoms with Crippen molar-refractivity contribution in [1.29, 1.82) is 0 Å². The van der Waals surface area contributed by atoms with Crippen LogP contribution in [0.5, 0.6) is 5.75 Å². The average molecular weight is 145 g/mol. The van der Waals surface area contributed by atoms with Crippen LogP contribution < -0.4 is 5.73 Å². The van der Waals surface area contributed by atoms with E-state index in [-0.39, 0.29) is 10.9 Å². The van der Waals surface area contributed by atoms with E-state index < -0.39 is 0 Å². The molecule has 3 nitrogen and oxygen atoms in total. The van der Waals surface area contributed by atoms with Gasteiger partial charge < -0.3 is 10.8 Å². The Kier molecular flexibility index (Phi) is 1.44. The Bertz CT molecular complexity index is 226. The van der Waals surface area contributed by atoms with E-state index >= 15 is 0 Å². The van der Waals surface area contributed by atoms with Crippen LogP contribution in [-0.4, -0.2) is 10.1 Å². The smallest absolute Gasteiger partial charge is 0.173 e.